The Morgan fingerprint density at radius 2 is 1.52 bits per heavy atom. The predicted octanol–water partition coefficient (Wildman–Crippen LogP) is 8.43. The fraction of sp³-hybridized carbons (Fsp3) is 0.556. The van der Waals surface area contributed by atoms with Gasteiger partial charge in [0.15, 0.2) is 0 Å². The van der Waals surface area contributed by atoms with Crippen LogP contribution in [0.5, 0.6) is 0 Å². The number of fused-ring (bicyclic) bond motifs is 1. The van der Waals surface area contributed by atoms with E-state index in [9.17, 15) is 8.78 Å². The molecule has 0 N–H and O–H groups in total. The van der Waals surface area contributed by atoms with Gasteiger partial charge in [-0.05, 0) is 86.0 Å². The zero-order chi connectivity index (χ0) is 20.4. The Kier molecular flexibility index (Phi) is 6.37. The summed E-state index contributed by atoms with van der Waals surface area (Å²) in [5.41, 5.74) is 2.68. The Morgan fingerprint density at radius 1 is 0.862 bits per heavy atom. The normalized spacial score (nSPS) is 26.9. The monoisotopic (exact) mass is 396 g/mol. The largest absolute Gasteiger partial charge is 0.206 e. The van der Waals surface area contributed by atoms with E-state index in [0.29, 0.717) is 11.5 Å². The van der Waals surface area contributed by atoms with Crippen LogP contribution >= 0.6 is 0 Å². The van der Waals surface area contributed by atoms with Crippen molar-refractivity contribution in [3.63, 3.8) is 0 Å². The van der Waals surface area contributed by atoms with Crippen molar-refractivity contribution in [3.05, 3.63) is 59.2 Å². The zero-order valence-corrected chi connectivity index (χ0v) is 17.9. The second-order valence-electron chi connectivity index (χ2n) is 9.58. The molecule has 4 unspecified atom stereocenters. The van der Waals surface area contributed by atoms with E-state index >= 15 is 0 Å². The van der Waals surface area contributed by atoms with Gasteiger partial charge in [-0.25, -0.2) is 8.78 Å². The van der Waals surface area contributed by atoms with E-state index in [0.717, 1.165) is 41.7 Å². The van der Waals surface area contributed by atoms with Crippen molar-refractivity contribution in [3.8, 4) is 11.1 Å². The van der Waals surface area contributed by atoms with Crippen LogP contribution in [-0.4, -0.2) is 0 Å². The number of hydrogen-bond acceptors (Lipinski definition) is 0. The molecule has 2 heteroatoms. The molecule has 0 heterocycles. The summed E-state index contributed by atoms with van der Waals surface area (Å²) in [4.78, 5) is 0. The van der Waals surface area contributed by atoms with Gasteiger partial charge in [0.05, 0.1) is 5.56 Å². The molecule has 29 heavy (non-hydrogen) atoms. The van der Waals surface area contributed by atoms with Crippen molar-refractivity contribution in [2.45, 2.75) is 77.6 Å². The molecule has 0 saturated heterocycles. The smallest absolute Gasteiger partial charge is 0.134 e. The lowest BCUT2D eigenvalue weighted by atomic mass is 9.63. The number of halogens is 2. The molecule has 0 spiro atoms. The summed E-state index contributed by atoms with van der Waals surface area (Å²) >= 11 is 0. The van der Waals surface area contributed by atoms with Crippen LogP contribution in [0.25, 0.3) is 11.1 Å². The lowest BCUT2D eigenvalue weighted by Crippen LogP contribution is -2.30. The third-order valence-corrected chi connectivity index (χ3v) is 7.56. The van der Waals surface area contributed by atoms with Crippen LogP contribution in [0.3, 0.4) is 0 Å². The topological polar surface area (TPSA) is 0 Å². The summed E-state index contributed by atoms with van der Waals surface area (Å²) in [6.07, 6.45) is 11.5. The molecule has 2 saturated carbocycles. The van der Waals surface area contributed by atoms with Crippen LogP contribution in [-0.2, 0) is 0 Å². The SMILES string of the molecule is CCCCC1CCC2CC(c3cc(F)c(-c4ccc(C)cc4)c(F)c3)CCC2C1. The summed E-state index contributed by atoms with van der Waals surface area (Å²) in [6, 6.07) is 10.6. The van der Waals surface area contributed by atoms with Crippen LogP contribution in [0.4, 0.5) is 8.78 Å². The van der Waals surface area contributed by atoms with Crippen molar-refractivity contribution in [1.82, 2.24) is 0 Å². The Labute approximate surface area is 174 Å². The van der Waals surface area contributed by atoms with Crippen molar-refractivity contribution < 1.29 is 8.78 Å². The van der Waals surface area contributed by atoms with Gasteiger partial charge in [0, 0.05) is 0 Å². The number of rotatable bonds is 5. The Bertz CT molecular complexity index is 800. The molecule has 2 fully saturated rings. The third kappa shape index (κ3) is 4.57. The molecule has 156 valence electrons. The fourth-order valence-electron chi connectivity index (χ4n) is 5.87. The van der Waals surface area contributed by atoms with Crippen LogP contribution in [0.2, 0.25) is 0 Å². The highest BCUT2D eigenvalue weighted by Crippen LogP contribution is 2.48. The minimum atomic E-state index is -0.422. The Morgan fingerprint density at radius 3 is 2.21 bits per heavy atom. The first kappa shape index (κ1) is 20.6. The maximum absolute atomic E-state index is 14.9. The molecule has 2 aliphatic rings. The first-order valence-electron chi connectivity index (χ1n) is 11.6. The van der Waals surface area contributed by atoms with Gasteiger partial charge < -0.3 is 0 Å². The minimum Gasteiger partial charge on any atom is -0.206 e. The highest BCUT2D eigenvalue weighted by molar-refractivity contribution is 5.65. The van der Waals surface area contributed by atoms with Crippen LogP contribution < -0.4 is 0 Å². The summed E-state index contributed by atoms with van der Waals surface area (Å²) in [5.74, 6) is 1.96. The maximum Gasteiger partial charge on any atom is 0.134 e. The van der Waals surface area contributed by atoms with Gasteiger partial charge in [-0.1, -0.05) is 62.4 Å². The number of aryl methyl sites for hydroxylation is 1. The van der Waals surface area contributed by atoms with Gasteiger partial charge in [-0.15, -0.1) is 0 Å². The second kappa shape index (κ2) is 8.98. The quantitative estimate of drug-likeness (QED) is 0.476. The molecule has 2 aromatic carbocycles. The molecule has 2 aliphatic carbocycles. The molecule has 0 aromatic heterocycles. The van der Waals surface area contributed by atoms with Crippen molar-refractivity contribution in [1.29, 1.82) is 0 Å². The maximum atomic E-state index is 14.9. The summed E-state index contributed by atoms with van der Waals surface area (Å²) in [6.45, 7) is 4.26. The van der Waals surface area contributed by atoms with E-state index in [1.54, 1.807) is 24.3 Å². The first-order chi connectivity index (χ1) is 14.0. The van der Waals surface area contributed by atoms with Crippen LogP contribution in [0, 0.1) is 36.3 Å². The van der Waals surface area contributed by atoms with Gasteiger partial charge in [0.1, 0.15) is 11.6 Å². The molecule has 0 aliphatic heterocycles. The minimum absolute atomic E-state index is 0.110. The summed E-state index contributed by atoms with van der Waals surface area (Å²) in [5, 5.41) is 0. The van der Waals surface area contributed by atoms with Gasteiger partial charge in [-0.3, -0.25) is 0 Å². The second-order valence-corrected chi connectivity index (χ2v) is 9.58. The molecule has 4 atom stereocenters. The number of hydrogen-bond donors (Lipinski definition) is 0. The van der Waals surface area contributed by atoms with Gasteiger partial charge in [-0.2, -0.15) is 0 Å². The van der Waals surface area contributed by atoms with E-state index in [2.05, 4.69) is 6.92 Å². The lowest BCUT2D eigenvalue weighted by Gasteiger charge is -2.42. The first-order valence-corrected chi connectivity index (χ1v) is 11.6. The Balaban J connectivity index is 1.47. The number of benzene rings is 2. The lowest BCUT2D eigenvalue weighted by molar-refractivity contribution is 0.113. The van der Waals surface area contributed by atoms with Crippen molar-refractivity contribution >= 4 is 0 Å². The van der Waals surface area contributed by atoms with E-state index in [1.165, 1.54) is 44.9 Å². The van der Waals surface area contributed by atoms with E-state index < -0.39 is 11.6 Å². The zero-order valence-electron chi connectivity index (χ0n) is 17.9. The Hall–Kier alpha value is -1.70. The molecule has 4 rings (SSSR count). The number of unbranched alkanes of at least 4 members (excludes halogenated alkanes) is 1. The van der Waals surface area contributed by atoms with Gasteiger partial charge in [0.2, 0.25) is 0 Å². The highest BCUT2D eigenvalue weighted by Gasteiger charge is 2.36. The van der Waals surface area contributed by atoms with Crippen molar-refractivity contribution in [2.24, 2.45) is 17.8 Å². The van der Waals surface area contributed by atoms with Gasteiger partial charge >= 0.3 is 0 Å². The molecular weight excluding hydrogens is 362 g/mol. The third-order valence-electron chi connectivity index (χ3n) is 7.56. The van der Waals surface area contributed by atoms with Crippen LogP contribution in [0.1, 0.15) is 81.8 Å². The molecule has 0 nitrogen and oxygen atoms in total. The fourth-order valence-corrected chi connectivity index (χ4v) is 5.87. The molecule has 0 radical (unpaired) electrons. The van der Waals surface area contributed by atoms with Gasteiger partial charge in [0.25, 0.3) is 0 Å². The molecule has 2 aromatic rings. The van der Waals surface area contributed by atoms with E-state index in [4.69, 9.17) is 0 Å². The summed E-state index contributed by atoms with van der Waals surface area (Å²) < 4.78 is 29.8. The van der Waals surface area contributed by atoms with E-state index in [1.807, 2.05) is 19.1 Å². The highest BCUT2D eigenvalue weighted by atomic mass is 19.1. The average molecular weight is 397 g/mol. The predicted molar refractivity (Wildman–Crippen MR) is 117 cm³/mol. The molecule has 0 amide bonds. The summed E-state index contributed by atoms with van der Waals surface area (Å²) in [7, 11) is 0. The molecular formula is C27H34F2. The molecule has 0 bridgehead atoms. The average Bonchev–Trinajstić information content (AvgIpc) is 2.72. The van der Waals surface area contributed by atoms with Crippen LogP contribution in [0.15, 0.2) is 36.4 Å². The van der Waals surface area contributed by atoms with E-state index in [-0.39, 0.29) is 5.56 Å². The standard InChI is InChI=1S/C27H34F2/c1-3-4-5-19-8-11-22-15-23(13-12-21(22)14-19)24-16-25(28)27(26(29)17-24)20-9-6-18(2)7-10-20/h6-7,9-10,16-17,19,21-23H,3-5,8,11-15H2,1-2H3. The van der Waals surface area contributed by atoms with Crippen molar-refractivity contribution in [2.75, 3.05) is 0 Å².